The Bertz CT molecular complexity index is 774. The van der Waals surface area contributed by atoms with Crippen molar-refractivity contribution in [2.45, 2.75) is 83.6 Å². The lowest BCUT2D eigenvalue weighted by Crippen LogP contribution is -2.46. The van der Waals surface area contributed by atoms with Crippen molar-refractivity contribution in [3.8, 4) is 0 Å². The topological polar surface area (TPSA) is 66.5 Å². The molecule has 1 heterocycles. The molecule has 1 saturated heterocycles. The van der Waals surface area contributed by atoms with Gasteiger partial charge in [-0.25, -0.2) is 4.79 Å². The zero-order chi connectivity index (χ0) is 20.5. The number of hydrogen-bond acceptors (Lipinski definition) is 3. The molecule has 1 aliphatic carbocycles. The Morgan fingerprint density at radius 1 is 1.04 bits per heavy atom. The third-order valence-corrected chi connectivity index (χ3v) is 6.17. The number of amides is 3. The minimum atomic E-state index is -0.795. The lowest BCUT2D eigenvalue weighted by molar-refractivity contribution is -0.131. The van der Waals surface area contributed by atoms with Gasteiger partial charge in [-0.2, -0.15) is 0 Å². The molecule has 2 aliphatic rings. The summed E-state index contributed by atoms with van der Waals surface area (Å²) in [6.45, 7) is 8.18. The van der Waals surface area contributed by atoms with Crippen LogP contribution in [-0.2, 0) is 4.79 Å². The third-order valence-electron chi connectivity index (χ3n) is 6.17. The Morgan fingerprint density at radius 3 is 2.25 bits per heavy atom. The van der Waals surface area contributed by atoms with Crippen LogP contribution in [0.2, 0.25) is 0 Å². The number of Topliss-reactive ketones (excluding diaryl/α,β-unsaturated/α-hetero) is 1. The molecule has 3 rings (SSSR count). The van der Waals surface area contributed by atoms with E-state index in [1.165, 1.54) is 5.56 Å². The van der Waals surface area contributed by atoms with Crippen LogP contribution in [-0.4, -0.2) is 34.7 Å². The van der Waals surface area contributed by atoms with Crippen LogP contribution < -0.4 is 5.32 Å². The van der Waals surface area contributed by atoms with Crippen LogP contribution >= 0.6 is 0 Å². The summed E-state index contributed by atoms with van der Waals surface area (Å²) >= 11 is 0. The first-order valence-electron chi connectivity index (χ1n) is 10.6. The van der Waals surface area contributed by atoms with E-state index in [9.17, 15) is 14.4 Å². The van der Waals surface area contributed by atoms with Gasteiger partial charge >= 0.3 is 6.03 Å². The van der Waals surface area contributed by atoms with E-state index >= 15 is 0 Å². The molecule has 0 unspecified atom stereocenters. The van der Waals surface area contributed by atoms with Crippen LogP contribution in [0, 0.1) is 0 Å². The molecule has 1 aromatic rings. The van der Waals surface area contributed by atoms with Crippen LogP contribution in [0.3, 0.4) is 0 Å². The fourth-order valence-corrected chi connectivity index (χ4v) is 4.39. The average Bonchev–Trinajstić information content (AvgIpc) is 2.82. The van der Waals surface area contributed by atoms with Crippen molar-refractivity contribution < 1.29 is 14.4 Å². The van der Waals surface area contributed by atoms with Crippen molar-refractivity contribution in [1.29, 1.82) is 0 Å². The summed E-state index contributed by atoms with van der Waals surface area (Å²) in [7, 11) is 0. The zero-order valence-electron chi connectivity index (χ0n) is 17.5. The van der Waals surface area contributed by atoms with Crippen molar-refractivity contribution in [3.63, 3.8) is 0 Å². The largest absolute Gasteiger partial charge is 0.325 e. The highest BCUT2D eigenvalue weighted by molar-refractivity contribution is 6.11. The van der Waals surface area contributed by atoms with Gasteiger partial charge in [-0.3, -0.25) is 14.5 Å². The predicted octanol–water partition coefficient (Wildman–Crippen LogP) is 4.76. The molecule has 28 heavy (non-hydrogen) atoms. The molecule has 0 radical (unpaired) electrons. The van der Waals surface area contributed by atoms with Crippen LogP contribution in [0.25, 0.3) is 0 Å². The number of benzene rings is 1. The van der Waals surface area contributed by atoms with E-state index in [2.05, 4.69) is 39.1 Å². The summed E-state index contributed by atoms with van der Waals surface area (Å²) < 4.78 is 0. The van der Waals surface area contributed by atoms with Crippen LogP contribution in [0.4, 0.5) is 4.79 Å². The Labute approximate surface area is 167 Å². The summed E-state index contributed by atoms with van der Waals surface area (Å²) in [4.78, 5) is 39.8. The number of rotatable bonds is 5. The van der Waals surface area contributed by atoms with Gasteiger partial charge in [0.1, 0.15) is 5.54 Å². The predicted molar refractivity (Wildman–Crippen MR) is 110 cm³/mol. The van der Waals surface area contributed by atoms with E-state index in [0.29, 0.717) is 24.3 Å². The maximum atomic E-state index is 13.1. The van der Waals surface area contributed by atoms with E-state index in [0.717, 1.165) is 36.1 Å². The minimum absolute atomic E-state index is 0.173. The lowest BCUT2D eigenvalue weighted by atomic mass is 9.89. The second-order valence-corrected chi connectivity index (χ2v) is 8.90. The molecule has 152 valence electrons. The standard InChI is InChI=1S/C23H32N2O3/c1-15(2)17-9-10-18(19(13-17)16(3)4)20(26)14-25-21(27)23(24-22(25)28)11-7-5-6-8-12-23/h9-10,13,15-16H,5-8,11-12,14H2,1-4H3,(H,24,28). The monoisotopic (exact) mass is 384 g/mol. The normalized spacial score (nSPS) is 19.4. The quantitative estimate of drug-likeness (QED) is 0.588. The van der Waals surface area contributed by atoms with E-state index in [4.69, 9.17) is 0 Å². The Kier molecular flexibility index (Phi) is 5.92. The van der Waals surface area contributed by atoms with Crippen LogP contribution in [0.15, 0.2) is 18.2 Å². The molecule has 3 amide bonds. The Morgan fingerprint density at radius 2 is 1.68 bits per heavy atom. The van der Waals surface area contributed by atoms with Gasteiger partial charge < -0.3 is 5.32 Å². The van der Waals surface area contributed by atoms with Crippen molar-refractivity contribution in [3.05, 3.63) is 34.9 Å². The van der Waals surface area contributed by atoms with Crippen LogP contribution in [0.5, 0.6) is 0 Å². The van der Waals surface area contributed by atoms with Gasteiger partial charge in [0.2, 0.25) is 0 Å². The van der Waals surface area contributed by atoms with E-state index in [1.807, 2.05) is 12.1 Å². The fourth-order valence-electron chi connectivity index (χ4n) is 4.39. The first kappa shape index (κ1) is 20.6. The first-order valence-corrected chi connectivity index (χ1v) is 10.6. The summed E-state index contributed by atoms with van der Waals surface area (Å²) in [6.07, 6.45) is 5.38. The maximum absolute atomic E-state index is 13.1. The van der Waals surface area contributed by atoms with E-state index in [-0.39, 0.29) is 24.2 Å². The number of hydrogen-bond donors (Lipinski definition) is 1. The molecule has 1 saturated carbocycles. The summed E-state index contributed by atoms with van der Waals surface area (Å²) in [5.74, 6) is 0.169. The van der Waals surface area contributed by atoms with Crippen molar-refractivity contribution in [1.82, 2.24) is 10.2 Å². The highest BCUT2D eigenvalue weighted by atomic mass is 16.2. The second-order valence-electron chi connectivity index (χ2n) is 8.90. The van der Waals surface area contributed by atoms with E-state index in [1.54, 1.807) is 0 Å². The Balaban J connectivity index is 1.83. The Hall–Kier alpha value is -2.17. The number of imide groups is 1. The minimum Gasteiger partial charge on any atom is -0.323 e. The number of ketones is 1. The summed E-state index contributed by atoms with van der Waals surface area (Å²) in [5, 5.41) is 2.91. The zero-order valence-corrected chi connectivity index (χ0v) is 17.5. The van der Waals surface area contributed by atoms with Crippen molar-refractivity contribution in [2.24, 2.45) is 0 Å². The third kappa shape index (κ3) is 3.85. The van der Waals surface area contributed by atoms with Gasteiger partial charge in [-0.15, -0.1) is 0 Å². The van der Waals surface area contributed by atoms with Gasteiger partial charge in [0.25, 0.3) is 5.91 Å². The molecule has 1 aromatic carbocycles. The molecule has 1 aliphatic heterocycles. The molecule has 0 atom stereocenters. The van der Waals surface area contributed by atoms with Crippen LogP contribution in [0.1, 0.15) is 99.5 Å². The molecule has 0 bridgehead atoms. The van der Waals surface area contributed by atoms with Gasteiger partial charge in [0.05, 0.1) is 6.54 Å². The van der Waals surface area contributed by atoms with Gasteiger partial charge in [-0.1, -0.05) is 71.6 Å². The molecular weight excluding hydrogens is 352 g/mol. The molecule has 2 fully saturated rings. The fraction of sp³-hybridized carbons (Fsp3) is 0.609. The van der Waals surface area contributed by atoms with Crippen molar-refractivity contribution >= 4 is 17.7 Å². The number of carbonyl (C=O) groups excluding carboxylic acids is 3. The summed E-state index contributed by atoms with van der Waals surface area (Å²) in [6, 6.07) is 5.49. The molecule has 5 heteroatoms. The SMILES string of the molecule is CC(C)c1ccc(C(=O)CN2C(=O)NC3(CCCCCC3)C2=O)c(C(C)C)c1. The molecule has 1 N–H and O–H groups in total. The molecule has 0 aromatic heterocycles. The van der Waals surface area contributed by atoms with Gasteiger partial charge in [0, 0.05) is 5.56 Å². The lowest BCUT2D eigenvalue weighted by Gasteiger charge is -2.24. The highest BCUT2D eigenvalue weighted by Crippen LogP contribution is 2.33. The number of nitrogens with zero attached hydrogens (tertiary/aromatic N) is 1. The van der Waals surface area contributed by atoms with E-state index < -0.39 is 11.6 Å². The highest BCUT2D eigenvalue weighted by Gasteiger charge is 2.51. The number of urea groups is 1. The average molecular weight is 385 g/mol. The molecule has 1 spiro atoms. The van der Waals surface area contributed by atoms with Gasteiger partial charge in [0.15, 0.2) is 5.78 Å². The van der Waals surface area contributed by atoms with Gasteiger partial charge in [-0.05, 0) is 35.8 Å². The maximum Gasteiger partial charge on any atom is 0.325 e. The number of nitrogens with one attached hydrogen (secondary N) is 1. The smallest absolute Gasteiger partial charge is 0.323 e. The molecular formula is C23H32N2O3. The second kappa shape index (κ2) is 8.06. The van der Waals surface area contributed by atoms with Crippen molar-refractivity contribution in [2.75, 3.05) is 6.54 Å². The first-order chi connectivity index (χ1) is 13.2. The summed E-state index contributed by atoms with van der Waals surface area (Å²) in [5.41, 5.74) is 1.98. The molecule has 5 nitrogen and oxygen atoms in total. The number of carbonyl (C=O) groups is 3.